The summed E-state index contributed by atoms with van der Waals surface area (Å²) in [4.78, 5) is 21.6. The maximum atomic E-state index is 12.3. The number of unbranched alkanes of at least 4 members (excludes halogenated alkanes) is 17. The molecule has 0 aromatic carbocycles. The van der Waals surface area contributed by atoms with Crippen LogP contribution in [-0.4, -0.2) is 21.6 Å². The topological polar surface area (TPSA) is 43.4 Å². The van der Waals surface area contributed by atoms with Crippen molar-refractivity contribution in [3.63, 3.8) is 0 Å². The Hall–Kier alpha value is -0.293. The Balaban J connectivity index is 0. The van der Waals surface area contributed by atoms with E-state index in [0.29, 0.717) is 5.92 Å². The minimum Gasteiger partial charge on any atom is -0.516 e. The Morgan fingerprint density at radius 1 is 0.657 bits per heavy atom. The van der Waals surface area contributed by atoms with Gasteiger partial charge in [0.05, 0.1) is 5.41 Å². The first-order chi connectivity index (χ1) is 16.7. The van der Waals surface area contributed by atoms with Crippen molar-refractivity contribution in [1.29, 1.82) is 0 Å². The molecule has 1 atom stereocenters. The van der Waals surface area contributed by atoms with Crippen molar-refractivity contribution in [3.8, 4) is 0 Å². The molecule has 0 heterocycles. The lowest BCUT2D eigenvalue weighted by atomic mass is 9.73. The molecule has 0 bridgehead atoms. The number of carbonyl (C=O) groups excluding carboxylic acids is 2. The monoisotopic (exact) mass is 527 g/mol. The van der Waals surface area contributed by atoms with Gasteiger partial charge in [0.15, 0.2) is 5.12 Å². The first-order valence-electron chi connectivity index (χ1n) is 14.8. The van der Waals surface area contributed by atoms with Gasteiger partial charge in [-0.25, -0.2) is 0 Å². The van der Waals surface area contributed by atoms with Crippen LogP contribution in [0.5, 0.6) is 0 Å². The number of rotatable bonds is 23. The van der Waals surface area contributed by atoms with Gasteiger partial charge >= 0.3 is 10.5 Å². The van der Waals surface area contributed by atoms with Gasteiger partial charge in [-0.2, -0.15) is 0 Å². The van der Waals surface area contributed by atoms with E-state index in [-0.39, 0.29) is 11.1 Å². The smallest absolute Gasteiger partial charge is 0.345 e. The van der Waals surface area contributed by atoms with Crippen molar-refractivity contribution in [2.45, 2.75) is 169 Å². The van der Waals surface area contributed by atoms with Gasteiger partial charge in [0.2, 0.25) is 0 Å². The van der Waals surface area contributed by atoms with E-state index in [1.165, 1.54) is 129 Å². The maximum absolute atomic E-state index is 12.3. The van der Waals surface area contributed by atoms with Gasteiger partial charge in [0, 0.05) is 6.92 Å². The van der Waals surface area contributed by atoms with Crippen LogP contribution >= 0.6 is 12.6 Å². The van der Waals surface area contributed by atoms with E-state index in [0.717, 1.165) is 12.8 Å². The molecule has 0 N–H and O–H groups in total. The highest BCUT2D eigenvalue weighted by Crippen LogP contribution is 2.36. The predicted octanol–water partition coefficient (Wildman–Crippen LogP) is 9.95. The first-order valence-corrected chi connectivity index (χ1v) is 15.7. The van der Waals surface area contributed by atoms with Crippen LogP contribution in [0.15, 0.2) is 0 Å². The molecule has 0 aliphatic carbocycles. The average molecular weight is 528 g/mol. The summed E-state index contributed by atoms with van der Waals surface area (Å²) in [5.74, 6) is 0.310. The van der Waals surface area contributed by atoms with E-state index in [9.17, 15) is 9.59 Å². The minimum atomic E-state index is -0.400. The van der Waals surface area contributed by atoms with E-state index in [1.807, 2.05) is 0 Å². The zero-order valence-corrected chi connectivity index (χ0v) is 26.0. The predicted molar refractivity (Wildman–Crippen MR) is 157 cm³/mol. The summed E-state index contributed by atoms with van der Waals surface area (Å²) >= 11 is 3.33. The average Bonchev–Trinajstić information content (AvgIpc) is 2.81. The van der Waals surface area contributed by atoms with Gasteiger partial charge in [-0.1, -0.05) is 136 Å². The maximum Gasteiger partial charge on any atom is 0.345 e. The van der Waals surface area contributed by atoms with Crippen molar-refractivity contribution in [2.75, 3.05) is 0 Å². The van der Waals surface area contributed by atoms with Crippen LogP contribution < -0.4 is 0 Å². The first kappa shape index (κ1) is 36.9. The second kappa shape index (κ2) is 26.8. The fourth-order valence-corrected chi connectivity index (χ4v) is 5.01. The lowest BCUT2D eigenvalue weighted by Gasteiger charge is -2.32. The molecule has 3 nitrogen and oxygen atoms in total. The molecule has 0 saturated carbocycles. The van der Waals surface area contributed by atoms with Crippen LogP contribution in [0, 0.1) is 11.3 Å². The van der Waals surface area contributed by atoms with Crippen LogP contribution in [0.4, 0.5) is 0 Å². The molecule has 0 amide bonds. The normalized spacial score (nSPS) is 12.1. The summed E-state index contributed by atoms with van der Waals surface area (Å²) in [5, 5.41) is -0.139. The number of thiol groups is 1. The molecule has 35 heavy (non-hydrogen) atoms. The summed E-state index contributed by atoms with van der Waals surface area (Å²) in [6.07, 6.45) is 28.2. The van der Waals surface area contributed by atoms with Gasteiger partial charge in [0.1, 0.15) is 0 Å². The largest absolute Gasteiger partial charge is 0.516 e. The molecule has 0 aromatic rings. The highest BCUT2D eigenvalue weighted by Gasteiger charge is 2.36. The van der Waals surface area contributed by atoms with Crippen LogP contribution in [0.2, 0.25) is 0 Å². The molecule has 0 rings (SSSR count). The lowest BCUT2D eigenvalue weighted by Crippen LogP contribution is -2.34. The summed E-state index contributed by atoms with van der Waals surface area (Å²) < 4.78 is 4.94. The SMILES string of the molecule is CC(=O)S.CCCCCCCCCCCCCCCC(CCCCCCCC)C(C)(C)C(=O)O[Si]. The van der Waals surface area contributed by atoms with Crippen molar-refractivity contribution < 1.29 is 14.0 Å². The highest BCUT2D eigenvalue weighted by atomic mass is 32.1. The van der Waals surface area contributed by atoms with Crippen molar-refractivity contribution >= 4 is 34.2 Å². The fraction of sp³-hybridized carbons (Fsp3) is 0.933. The van der Waals surface area contributed by atoms with Crippen molar-refractivity contribution in [3.05, 3.63) is 0 Å². The van der Waals surface area contributed by atoms with Crippen LogP contribution in [0.25, 0.3) is 0 Å². The van der Waals surface area contributed by atoms with E-state index in [1.54, 1.807) is 0 Å². The molecule has 0 fully saturated rings. The Kier molecular flexibility index (Phi) is 28.2. The number of carbonyl (C=O) groups is 2. The van der Waals surface area contributed by atoms with E-state index >= 15 is 0 Å². The second-order valence-corrected chi connectivity index (χ2v) is 11.7. The Bertz CT molecular complexity index is 478. The summed E-state index contributed by atoms with van der Waals surface area (Å²) in [5.41, 5.74) is -0.400. The second-order valence-electron chi connectivity index (χ2n) is 10.9. The summed E-state index contributed by atoms with van der Waals surface area (Å²) in [7, 11) is 2.97. The van der Waals surface area contributed by atoms with Crippen molar-refractivity contribution in [1.82, 2.24) is 0 Å². The van der Waals surface area contributed by atoms with Gasteiger partial charge in [-0.05, 0) is 32.6 Å². The molecular formula is C30H59O3SSi. The van der Waals surface area contributed by atoms with Gasteiger partial charge in [-0.15, -0.1) is 12.6 Å². The Morgan fingerprint density at radius 2 is 0.914 bits per heavy atom. The molecule has 5 heteroatoms. The lowest BCUT2D eigenvalue weighted by molar-refractivity contribution is -0.147. The summed E-state index contributed by atoms with van der Waals surface area (Å²) in [6.45, 7) is 10.1. The molecule has 3 radical (unpaired) electrons. The third kappa shape index (κ3) is 25.1. The third-order valence-electron chi connectivity index (χ3n) is 7.20. The highest BCUT2D eigenvalue weighted by molar-refractivity contribution is 7.96. The molecule has 0 aliphatic rings. The molecule has 0 saturated heterocycles. The molecule has 0 aromatic heterocycles. The van der Waals surface area contributed by atoms with Gasteiger partial charge in [0.25, 0.3) is 5.97 Å². The van der Waals surface area contributed by atoms with Crippen LogP contribution in [-0.2, 0) is 14.0 Å². The molecular weight excluding hydrogens is 468 g/mol. The zero-order chi connectivity index (χ0) is 26.8. The molecule has 0 spiro atoms. The Labute approximate surface area is 228 Å². The Morgan fingerprint density at radius 3 is 1.17 bits per heavy atom. The van der Waals surface area contributed by atoms with E-state index in [4.69, 9.17) is 4.43 Å². The fourth-order valence-electron chi connectivity index (χ4n) is 4.74. The number of hydrogen-bond donors (Lipinski definition) is 1. The molecule has 207 valence electrons. The summed E-state index contributed by atoms with van der Waals surface area (Å²) in [6, 6.07) is 0. The quantitative estimate of drug-likeness (QED) is 0.0816. The van der Waals surface area contributed by atoms with Crippen LogP contribution in [0.1, 0.15) is 169 Å². The standard InChI is InChI=1S/C28H55O2Si.C2H4OS/c1-5-7-9-11-13-14-15-16-17-18-19-21-23-25-26(28(3,4)27(29)30-31)24-22-20-12-10-8-6-2;1-2(3)4/h26H,5-25H2,1-4H3;1H3,(H,3,4). The van der Waals surface area contributed by atoms with Gasteiger partial charge < -0.3 is 4.43 Å². The van der Waals surface area contributed by atoms with Crippen molar-refractivity contribution in [2.24, 2.45) is 11.3 Å². The van der Waals surface area contributed by atoms with E-state index in [2.05, 4.69) is 50.8 Å². The minimum absolute atomic E-state index is 0.116. The van der Waals surface area contributed by atoms with E-state index < -0.39 is 5.41 Å². The molecule has 1 unspecified atom stereocenters. The third-order valence-corrected chi connectivity index (χ3v) is 7.39. The zero-order valence-electron chi connectivity index (χ0n) is 24.1. The van der Waals surface area contributed by atoms with Crippen LogP contribution in [0.3, 0.4) is 0 Å². The molecule has 0 aliphatic heterocycles. The van der Waals surface area contributed by atoms with Gasteiger partial charge in [-0.3, -0.25) is 9.59 Å². The number of hydrogen-bond acceptors (Lipinski definition) is 3.